The first-order valence-corrected chi connectivity index (χ1v) is 13.2. The van der Waals surface area contributed by atoms with Crippen molar-refractivity contribution >= 4 is 17.9 Å². The van der Waals surface area contributed by atoms with E-state index in [1.54, 1.807) is 6.08 Å². The van der Waals surface area contributed by atoms with Gasteiger partial charge >= 0.3 is 17.9 Å². The van der Waals surface area contributed by atoms with Gasteiger partial charge < -0.3 is 24.8 Å². The van der Waals surface area contributed by atoms with Crippen molar-refractivity contribution in [1.82, 2.24) is 0 Å². The van der Waals surface area contributed by atoms with E-state index in [9.17, 15) is 24.6 Å². The van der Waals surface area contributed by atoms with Crippen molar-refractivity contribution in [2.45, 2.75) is 95.9 Å². The molecule has 9 atom stereocenters. The fraction of sp³-hybridized carbons (Fsp3) is 0.815. The fourth-order valence-electron chi connectivity index (χ4n) is 8.91. The van der Waals surface area contributed by atoms with E-state index in [2.05, 4.69) is 6.92 Å². The lowest BCUT2D eigenvalue weighted by atomic mass is 9.42. The molecule has 0 bridgehead atoms. The average Bonchev–Trinajstić information content (AvgIpc) is 3.34. The number of carbonyl (C=O) groups excluding carboxylic acids is 2. The number of carbonyl (C=O) groups is 3. The first-order chi connectivity index (χ1) is 16.5. The molecule has 8 heteroatoms. The Morgan fingerprint density at radius 1 is 1.09 bits per heavy atom. The smallest absolute Gasteiger partial charge is 0.331 e. The third kappa shape index (κ3) is 3.74. The minimum Gasteiger partial charge on any atom is -0.481 e. The highest BCUT2D eigenvalue weighted by Gasteiger charge is 2.70. The maximum Gasteiger partial charge on any atom is 0.331 e. The zero-order chi connectivity index (χ0) is 25.2. The van der Waals surface area contributed by atoms with Crippen LogP contribution in [-0.4, -0.2) is 57.6 Å². The summed E-state index contributed by atoms with van der Waals surface area (Å²) >= 11 is 0. The predicted molar refractivity (Wildman–Crippen MR) is 124 cm³/mol. The molecule has 1 aliphatic heterocycles. The Bertz CT molecular complexity index is 943. The van der Waals surface area contributed by atoms with Crippen LogP contribution in [0.3, 0.4) is 0 Å². The Kier molecular flexibility index (Phi) is 6.07. The van der Waals surface area contributed by atoms with Gasteiger partial charge in [-0.2, -0.15) is 0 Å². The zero-order valence-corrected chi connectivity index (χ0v) is 20.7. The minimum atomic E-state index is -1.00. The number of hydrogen-bond acceptors (Lipinski definition) is 7. The van der Waals surface area contributed by atoms with Crippen molar-refractivity contribution in [3.8, 4) is 0 Å². The van der Waals surface area contributed by atoms with Crippen LogP contribution < -0.4 is 0 Å². The lowest BCUT2D eigenvalue weighted by molar-refractivity contribution is -0.245. The summed E-state index contributed by atoms with van der Waals surface area (Å²) in [6, 6.07) is 0. The van der Waals surface area contributed by atoms with Crippen molar-refractivity contribution in [2.75, 3.05) is 6.61 Å². The number of ether oxygens (including phenoxy) is 2. The number of aliphatic carboxylic acids is 1. The second-order valence-electron chi connectivity index (χ2n) is 12.1. The van der Waals surface area contributed by atoms with Crippen molar-refractivity contribution in [3.05, 3.63) is 11.6 Å². The molecule has 35 heavy (non-hydrogen) atoms. The highest BCUT2D eigenvalue weighted by molar-refractivity contribution is 5.85. The molecule has 0 unspecified atom stereocenters. The molecule has 8 nitrogen and oxygen atoms in total. The maximum absolute atomic E-state index is 12.3. The quantitative estimate of drug-likeness (QED) is 0.502. The van der Waals surface area contributed by atoms with Gasteiger partial charge in [0.25, 0.3) is 0 Å². The van der Waals surface area contributed by atoms with Crippen LogP contribution in [0, 0.1) is 34.5 Å². The van der Waals surface area contributed by atoms with Crippen LogP contribution in [0.25, 0.3) is 0 Å². The van der Waals surface area contributed by atoms with E-state index in [1.165, 1.54) is 0 Å². The SMILES string of the molecule is C[C@]12CC[C@H](OC(=O)CCC(=O)O)C[C@@H]1CC[C@@H]1[C@@H]2C[C@H](O)[C@]2(C)[C@@H](C3=CC(=O)OC3)CC[C@]12O. The van der Waals surface area contributed by atoms with Crippen molar-refractivity contribution in [2.24, 2.45) is 34.5 Å². The summed E-state index contributed by atoms with van der Waals surface area (Å²) in [7, 11) is 0. The van der Waals surface area contributed by atoms with Crippen molar-refractivity contribution < 1.29 is 39.2 Å². The summed E-state index contributed by atoms with van der Waals surface area (Å²) in [5, 5.41) is 32.7. The second-order valence-corrected chi connectivity index (χ2v) is 12.1. The number of esters is 2. The number of hydrogen-bond donors (Lipinski definition) is 3. The van der Waals surface area contributed by atoms with E-state index in [-0.39, 0.29) is 54.7 Å². The highest BCUT2D eigenvalue weighted by atomic mass is 16.5. The van der Waals surface area contributed by atoms with Gasteiger partial charge in [0.1, 0.15) is 12.7 Å². The third-order valence-corrected chi connectivity index (χ3v) is 10.9. The number of aliphatic hydroxyl groups is 2. The lowest BCUT2D eigenvalue weighted by Gasteiger charge is -2.65. The summed E-state index contributed by atoms with van der Waals surface area (Å²) in [6.07, 6.45) is 6.45. The Morgan fingerprint density at radius 3 is 2.54 bits per heavy atom. The van der Waals surface area contributed by atoms with Gasteiger partial charge in [0.2, 0.25) is 0 Å². The topological polar surface area (TPSA) is 130 Å². The number of cyclic esters (lactones) is 1. The van der Waals surface area contributed by atoms with Crippen LogP contribution in [-0.2, 0) is 23.9 Å². The number of fused-ring (bicyclic) bond motifs is 5. The molecular weight excluding hydrogens is 452 g/mol. The average molecular weight is 491 g/mol. The molecule has 3 N–H and O–H groups in total. The van der Waals surface area contributed by atoms with Gasteiger partial charge in [-0.1, -0.05) is 13.8 Å². The molecule has 0 aromatic heterocycles. The molecule has 0 amide bonds. The standard InChI is InChI=1S/C27H38O8/c1-25-9-7-17(35-23(31)6-5-22(29)30)12-16(25)3-4-19-20(25)13-21(28)26(2)18(8-10-27(19,26)33)15-11-24(32)34-14-15/h11,16-21,28,33H,3-10,12-14H2,1-2H3,(H,29,30)/t16-,17-,18+,19+,20-,21-,25-,26-,27-/m0/s1. The molecule has 0 spiro atoms. The van der Waals surface area contributed by atoms with Gasteiger partial charge in [-0.25, -0.2) is 4.79 Å². The molecular formula is C27H38O8. The van der Waals surface area contributed by atoms with Gasteiger partial charge in [-0.3, -0.25) is 9.59 Å². The lowest BCUT2D eigenvalue weighted by Crippen LogP contribution is -2.67. The molecule has 0 aromatic rings. The Morgan fingerprint density at radius 2 is 1.86 bits per heavy atom. The summed E-state index contributed by atoms with van der Waals surface area (Å²) in [4.78, 5) is 34.6. The van der Waals surface area contributed by atoms with Crippen molar-refractivity contribution in [1.29, 1.82) is 0 Å². The van der Waals surface area contributed by atoms with Gasteiger partial charge in [-0.05, 0) is 86.0 Å². The first-order valence-electron chi connectivity index (χ1n) is 13.2. The number of rotatable bonds is 5. The van der Waals surface area contributed by atoms with Crippen LogP contribution in [0.1, 0.15) is 78.1 Å². The molecule has 4 aliphatic carbocycles. The molecule has 5 aliphatic rings. The molecule has 4 saturated carbocycles. The molecule has 194 valence electrons. The van der Waals surface area contributed by atoms with E-state index < -0.39 is 29.1 Å². The third-order valence-electron chi connectivity index (χ3n) is 10.9. The van der Waals surface area contributed by atoms with E-state index >= 15 is 0 Å². The maximum atomic E-state index is 12.3. The van der Waals surface area contributed by atoms with E-state index in [1.807, 2.05) is 6.92 Å². The summed E-state index contributed by atoms with van der Waals surface area (Å²) in [5.74, 6) is -1.28. The van der Waals surface area contributed by atoms with Crippen molar-refractivity contribution in [3.63, 3.8) is 0 Å². The molecule has 1 heterocycles. The summed E-state index contributed by atoms with van der Waals surface area (Å²) in [5.41, 5.74) is -0.875. The summed E-state index contributed by atoms with van der Waals surface area (Å²) in [6.45, 7) is 4.55. The second kappa shape index (κ2) is 8.58. The molecule has 4 fully saturated rings. The Hall–Kier alpha value is -1.93. The normalized spacial score (nSPS) is 46.6. The van der Waals surface area contributed by atoms with Crippen LogP contribution in [0.2, 0.25) is 0 Å². The molecule has 5 rings (SSSR count). The number of aliphatic hydroxyl groups excluding tert-OH is 1. The predicted octanol–water partition coefficient (Wildman–Crippen LogP) is 2.99. The molecule has 0 radical (unpaired) electrons. The van der Waals surface area contributed by atoms with E-state index in [4.69, 9.17) is 14.6 Å². The molecule has 0 aromatic carbocycles. The van der Waals surface area contributed by atoms with Gasteiger partial charge in [0.05, 0.1) is 24.5 Å². The van der Waals surface area contributed by atoms with Crippen LogP contribution in [0.5, 0.6) is 0 Å². The molecule has 0 saturated heterocycles. The minimum absolute atomic E-state index is 0.0608. The van der Waals surface area contributed by atoms with E-state index in [0.717, 1.165) is 44.1 Å². The Labute approximate surface area is 206 Å². The number of carboxylic acid groups (broad SMARTS) is 1. The fourth-order valence-corrected chi connectivity index (χ4v) is 8.91. The van der Waals surface area contributed by atoms with Gasteiger partial charge in [-0.15, -0.1) is 0 Å². The van der Waals surface area contributed by atoms with Gasteiger partial charge in [0.15, 0.2) is 0 Å². The monoisotopic (exact) mass is 490 g/mol. The van der Waals surface area contributed by atoms with Crippen LogP contribution in [0.15, 0.2) is 11.6 Å². The number of carboxylic acids is 1. The Balaban J connectivity index is 1.33. The largest absolute Gasteiger partial charge is 0.481 e. The van der Waals surface area contributed by atoms with E-state index in [0.29, 0.717) is 18.8 Å². The highest BCUT2D eigenvalue weighted by Crippen LogP contribution is 2.70. The van der Waals surface area contributed by atoms with Crippen LogP contribution >= 0.6 is 0 Å². The zero-order valence-electron chi connectivity index (χ0n) is 20.7. The summed E-state index contributed by atoms with van der Waals surface area (Å²) < 4.78 is 10.8. The van der Waals surface area contributed by atoms with Gasteiger partial charge in [0, 0.05) is 11.5 Å². The van der Waals surface area contributed by atoms with Crippen LogP contribution in [0.4, 0.5) is 0 Å². The first kappa shape index (κ1) is 24.8.